The average molecular weight is 463 g/mol. The van der Waals surface area contributed by atoms with E-state index in [1.165, 1.54) is 16.7 Å². The predicted molar refractivity (Wildman–Crippen MR) is 129 cm³/mol. The third-order valence-corrected chi connectivity index (χ3v) is 6.54. The van der Waals surface area contributed by atoms with Crippen LogP contribution in [0.15, 0.2) is 29.2 Å². The molecule has 1 aromatic rings. The minimum absolute atomic E-state index is 0.0927. The number of benzene rings is 1. The number of nitrogens with one attached hydrogen (secondary N) is 1. The van der Waals surface area contributed by atoms with Crippen LogP contribution in [0.1, 0.15) is 73.7 Å². The van der Waals surface area contributed by atoms with Crippen molar-refractivity contribution < 1.29 is 19.5 Å². The Labute approximate surface area is 193 Å². The van der Waals surface area contributed by atoms with Crippen molar-refractivity contribution in [3.63, 3.8) is 0 Å². The van der Waals surface area contributed by atoms with Crippen LogP contribution in [-0.4, -0.2) is 45.7 Å². The van der Waals surface area contributed by atoms with Crippen molar-refractivity contribution in [2.45, 2.75) is 57.8 Å². The Bertz CT molecular complexity index is 821. The van der Waals surface area contributed by atoms with Crippen LogP contribution in [0.25, 0.3) is 6.08 Å². The third-order valence-electron chi connectivity index (χ3n) is 5.06. The van der Waals surface area contributed by atoms with Crippen LogP contribution in [0.4, 0.5) is 0 Å². The summed E-state index contributed by atoms with van der Waals surface area (Å²) in [5.74, 6) is -0.909. The van der Waals surface area contributed by atoms with E-state index in [-0.39, 0.29) is 18.2 Å². The molecule has 0 aromatic heterocycles. The third kappa shape index (κ3) is 8.83. The van der Waals surface area contributed by atoms with Crippen LogP contribution in [0.5, 0.6) is 0 Å². The maximum atomic E-state index is 12.3. The molecule has 2 rings (SSSR count). The normalized spacial score (nSPS) is 15.0. The molecule has 1 fully saturated rings. The quantitative estimate of drug-likeness (QED) is 0.248. The number of carboxylic acids is 1. The molecule has 1 aliphatic rings. The van der Waals surface area contributed by atoms with Gasteiger partial charge in [0.15, 0.2) is 0 Å². The maximum Gasteiger partial charge on any atom is 0.303 e. The highest BCUT2D eigenvalue weighted by molar-refractivity contribution is 8.26. The number of rotatable bonds is 13. The van der Waals surface area contributed by atoms with Crippen molar-refractivity contribution >= 4 is 52.2 Å². The van der Waals surface area contributed by atoms with Crippen LogP contribution in [-0.2, 0) is 9.59 Å². The van der Waals surface area contributed by atoms with Crippen molar-refractivity contribution in [2.24, 2.45) is 0 Å². The molecule has 2 N–H and O–H groups in total. The van der Waals surface area contributed by atoms with Crippen molar-refractivity contribution in [3.8, 4) is 0 Å². The standard InChI is InChI=1S/C23H30N2O4S2/c1-25-22(29)19(31-23(25)30)16-17-11-13-18(14-12-17)21(28)24-15-9-7-5-3-2-4-6-8-10-20(26)27/h11-14,16H,2-10,15H2,1H3,(H,24,28)(H,26,27). The molecular weight excluding hydrogens is 432 g/mol. The second kappa shape index (κ2) is 13.3. The summed E-state index contributed by atoms with van der Waals surface area (Å²) in [6, 6.07) is 7.18. The lowest BCUT2D eigenvalue weighted by Gasteiger charge is -2.06. The number of aliphatic carboxylic acids is 1. The number of unbranched alkanes of at least 4 members (excludes halogenated alkanes) is 7. The highest BCUT2D eigenvalue weighted by Crippen LogP contribution is 2.31. The van der Waals surface area contributed by atoms with E-state index in [9.17, 15) is 14.4 Å². The highest BCUT2D eigenvalue weighted by Gasteiger charge is 2.28. The molecule has 1 saturated heterocycles. The first kappa shape index (κ1) is 25.1. The molecule has 0 spiro atoms. The first-order valence-electron chi connectivity index (χ1n) is 10.7. The van der Waals surface area contributed by atoms with Gasteiger partial charge in [-0.2, -0.15) is 0 Å². The summed E-state index contributed by atoms with van der Waals surface area (Å²) in [5, 5.41) is 11.5. The Morgan fingerprint density at radius 2 is 1.61 bits per heavy atom. The van der Waals surface area contributed by atoms with Gasteiger partial charge >= 0.3 is 5.97 Å². The molecule has 1 aliphatic heterocycles. The molecule has 0 radical (unpaired) electrons. The number of likely N-dealkylation sites (N-methyl/N-ethyl adjacent to an activating group) is 1. The van der Waals surface area contributed by atoms with Gasteiger partial charge in [0.2, 0.25) is 0 Å². The lowest BCUT2D eigenvalue weighted by atomic mass is 10.1. The molecule has 168 valence electrons. The van der Waals surface area contributed by atoms with E-state index >= 15 is 0 Å². The summed E-state index contributed by atoms with van der Waals surface area (Å²) in [6.45, 7) is 0.651. The van der Waals surface area contributed by atoms with E-state index < -0.39 is 5.97 Å². The number of hydrogen-bond donors (Lipinski definition) is 2. The number of thiocarbonyl (C=S) groups is 1. The molecule has 1 heterocycles. The van der Waals surface area contributed by atoms with E-state index in [0.717, 1.165) is 56.9 Å². The summed E-state index contributed by atoms with van der Waals surface area (Å²) in [5.41, 5.74) is 1.45. The zero-order valence-electron chi connectivity index (χ0n) is 17.9. The van der Waals surface area contributed by atoms with Gasteiger partial charge in [0.25, 0.3) is 11.8 Å². The van der Waals surface area contributed by atoms with E-state index in [2.05, 4.69) is 5.32 Å². The second-order valence-electron chi connectivity index (χ2n) is 7.59. The van der Waals surface area contributed by atoms with Gasteiger partial charge in [-0.15, -0.1) is 0 Å². The minimum atomic E-state index is -0.715. The van der Waals surface area contributed by atoms with Crippen LogP contribution in [0.3, 0.4) is 0 Å². The smallest absolute Gasteiger partial charge is 0.303 e. The summed E-state index contributed by atoms with van der Waals surface area (Å²) in [6.07, 6.45) is 10.3. The maximum absolute atomic E-state index is 12.3. The van der Waals surface area contributed by atoms with Gasteiger partial charge in [0.1, 0.15) is 4.32 Å². The van der Waals surface area contributed by atoms with Crippen molar-refractivity contribution in [1.29, 1.82) is 0 Å². The number of carbonyl (C=O) groups excluding carboxylic acids is 2. The van der Waals surface area contributed by atoms with Gasteiger partial charge < -0.3 is 10.4 Å². The lowest BCUT2D eigenvalue weighted by Crippen LogP contribution is -2.24. The predicted octanol–water partition coefficient (Wildman–Crippen LogP) is 4.84. The number of nitrogens with zero attached hydrogens (tertiary/aromatic N) is 1. The first-order valence-corrected chi connectivity index (χ1v) is 11.9. The summed E-state index contributed by atoms with van der Waals surface area (Å²) < 4.78 is 0.544. The van der Waals surface area contributed by atoms with E-state index in [0.29, 0.717) is 21.3 Å². The largest absolute Gasteiger partial charge is 0.481 e. The fourth-order valence-corrected chi connectivity index (χ4v) is 4.37. The van der Waals surface area contributed by atoms with Gasteiger partial charge in [-0.25, -0.2) is 0 Å². The Balaban J connectivity index is 1.60. The molecule has 0 aliphatic carbocycles. The Morgan fingerprint density at radius 3 is 2.16 bits per heavy atom. The molecule has 6 nitrogen and oxygen atoms in total. The molecular formula is C23H30N2O4S2. The zero-order valence-corrected chi connectivity index (χ0v) is 19.5. The molecule has 31 heavy (non-hydrogen) atoms. The number of carbonyl (C=O) groups is 3. The zero-order chi connectivity index (χ0) is 22.6. The Hall–Kier alpha value is -2.19. The molecule has 0 saturated carbocycles. The van der Waals surface area contributed by atoms with Crippen LogP contribution in [0, 0.1) is 0 Å². The molecule has 1 aromatic carbocycles. The van der Waals surface area contributed by atoms with Crippen LogP contribution < -0.4 is 5.32 Å². The molecule has 0 bridgehead atoms. The number of hydrogen-bond acceptors (Lipinski definition) is 5. The van der Waals surface area contributed by atoms with E-state index in [4.69, 9.17) is 17.3 Å². The number of thioether (sulfide) groups is 1. The first-order chi connectivity index (χ1) is 14.9. The van der Waals surface area contributed by atoms with E-state index in [1.54, 1.807) is 25.3 Å². The molecule has 8 heteroatoms. The highest BCUT2D eigenvalue weighted by atomic mass is 32.2. The van der Waals surface area contributed by atoms with Crippen molar-refractivity contribution in [1.82, 2.24) is 10.2 Å². The molecule has 0 unspecified atom stereocenters. The summed E-state index contributed by atoms with van der Waals surface area (Å²) in [7, 11) is 1.66. The Morgan fingerprint density at radius 1 is 1.03 bits per heavy atom. The molecule has 2 amide bonds. The fraction of sp³-hybridized carbons (Fsp3) is 0.478. The monoisotopic (exact) mass is 462 g/mol. The van der Waals surface area contributed by atoms with Gasteiger partial charge in [0.05, 0.1) is 4.91 Å². The number of amides is 2. The average Bonchev–Trinajstić information content (AvgIpc) is 2.98. The number of carboxylic acid groups (broad SMARTS) is 1. The van der Waals surface area contributed by atoms with Crippen LogP contribution in [0.2, 0.25) is 0 Å². The summed E-state index contributed by atoms with van der Waals surface area (Å²) >= 11 is 6.41. The van der Waals surface area contributed by atoms with Crippen molar-refractivity contribution in [3.05, 3.63) is 40.3 Å². The fourth-order valence-electron chi connectivity index (χ4n) is 3.19. The van der Waals surface area contributed by atoms with Crippen LogP contribution >= 0.6 is 24.0 Å². The lowest BCUT2D eigenvalue weighted by molar-refractivity contribution is -0.137. The van der Waals surface area contributed by atoms with E-state index in [1.807, 2.05) is 12.1 Å². The SMILES string of the molecule is CN1C(=O)C(=Cc2ccc(C(=O)NCCCCCCCCCCC(=O)O)cc2)SC1=S. The summed E-state index contributed by atoms with van der Waals surface area (Å²) in [4.78, 5) is 36.8. The van der Waals surface area contributed by atoms with Gasteiger partial charge in [0, 0.05) is 25.6 Å². The van der Waals surface area contributed by atoms with Gasteiger partial charge in [-0.05, 0) is 36.6 Å². The topological polar surface area (TPSA) is 86.7 Å². The van der Waals surface area contributed by atoms with Gasteiger partial charge in [-0.3, -0.25) is 19.3 Å². The second-order valence-corrected chi connectivity index (χ2v) is 9.27. The minimum Gasteiger partial charge on any atom is -0.481 e. The Kier molecular flexibility index (Phi) is 10.7. The van der Waals surface area contributed by atoms with Gasteiger partial charge in [-0.1, -0.05) is 74.6 Å². The van der Waals surface area contributed by atoms with Crippen molar-refractivity contribution in [2.75, 3.05) is 13.6 Å². The molecule has 0 atom stereocenters.